The molecule has 26 heavy (non-hydrogen) atoms. The fourth-order valence-corrected chi connectivity index (χ4v) is 3.89. The zero-order valence-corrected chi connectivity index (χ0v) is 15.0. The maximum Gasteiger partial charge on any atom is 0.217 e. The molecule has 1 aliphatic rings. The van der Waals surface area contributed by atoms with E-state index in [9.17, 15) is 4.79 Å². The predicted octanol–water partition coefficient (Wildman–Crippen LogP) is 3.54. The average Bonchev–Trinajstić information content (AvgIpc) is 3.28. The predicted molar refractivity (Wildman–Crippen MR) is 102 cm³/mol. The topological polar surface area (TPSA) is 61.0 Å². The molecule has 2 N–H and O–H groups in total. The molecule has 5 heteroatoms. The Labute approximate surface area is 153 Å². The van der Waals surface area contributed by atoms with Crippen LogP contribution in [0, 0.1) is 0 Å². The van der Waals surface area contributed by atoms with Crippen molar-refractivity contribution in [1.29, 1.82) is 0 Å². The van der Waals surface area contributed by atoms with Crippen LogP contribution in [0.4, 0.5) is 0 Å². The molecule has 0 bridgehead atoms. The van der Waals surface area contributed by atoms with E-state index in [2.05, 4.69) is 62.8 Å². The Bertz CT molecular complexity index is 917. The number of rotatable bonds is 5. The number of aromatic amines is 1. The molecule has 1 aromatic carbocycles. The molecule has 3 aromatic rings. The average molecular weight is 348 g/mol. The summed E-state index contributed by atoms with van der Waals surface area (Å²) in [5.41, 5.74) is 4.74. The summed E-state index contributed by atoms with van der Waals surface area (Å²) >= 11 is 0. The van der Waals surface area contributed by atoms with Crippen molar-refractivity contribution >= 4 is 16.8 Å². The minimum atomic E-state index is -0.0287. The number of benzene rings is 1. The number of pyridine rings is 1. The van der Waals surface area contributed by atoms with Gasteiger partial charge in [0.05, 0.1) is 12.2 Å². The van der Waals surface area contributed by atoms with Crippen LogP contribution < -0.4 is 5.32 Å². The first-order chi connectivity index (χ1) is 12.7. The third kappa shape index (κ3) is 3.48. The molecular formula is C21H24N4O. The third-order valence-corrected chi connectivity index (χ3v) is 5.16. The van der Waals surface area contributed by atoms with Crippen LogP contribution in [0.5, 0.6) is 0 Å². The standard InChI is InChI=1S/C21H24N4O/c1-15(26)23-13-18-11-16(8-9-22-18)21-7-4-10-25(21)14-17-12-24-20-6-3-2-5-19(17)20/h2-3,5-6,8-9,11-12,21,24H,4,7,10,13-14H2,1H3,(H,23,26). The van der Waals surface area contributed by atoms with E-state index in [4.69, 9.17) is 0 Å². The van der Waals surface area contributed by atoms with Crippen LogP contribution in [0.1, 0.15) is 42.6 Å². The molecule has 0 spiro atoms. The monoisotopic (exact) mass is 348 g/mol. The molecule has 3 heterocycles. The number of amides is 1. The first-order valence-corrected chi connectivity index (χ1v) is 9.19. The second kappa shape index (κ2) is 7.30. The van der Waals surface area contributed by atoms with Gasteiger partial charge in [-0.05, 0) is 48.7 Å². The summed E-state index contributed by atoms with van der Waals surface area (Å²) in [7, 11) is 0. The summed E-state index contributed by atoms with van der Waals surface area (Å²) in [6, 6.07) is 13.1. The van der Waals surface area contributed by atoms with Crippen molar-refractivity contribution in [2.45, 2.75) is 38.9 Å². The summed E-state index contributed by atoms with van der Waals surface area (Å²) < 4.78 is 0. The van der Waals surface area contributed by atoms with Gasteiger partial charge in [0.1, 0.15) is 0 Å². The zero-order chi connectivity index (χ0) is 17.9. The number of hydrogen-bond donors (Lipinski definition) is 2. The van der Waals surface area contributed by atoms with Gasteiger partial charge in [-0.2, -0.15) is 0 Å². The summed E-state index contributed by atoms with van der Waals surface area (Å²) in [6.45, 7) is 4.06. The molecule has 1 unspecified atom stereocenters. The Balaban J connectivity index is 1.53. The molecule has 1 fully saturated rings. The van der Waals surface area contributed by atoms with Crippen LogP contribution in [0.3, 0.4) is 0 Å². The summed E-state index contributed by atoms with van der Waals surface area (Å²) in [4.78, 5) is 21.5. The fourth-order valence-electron chi connectivity index (χ4n) is 3.89. The highest BCUT2D eigenvalue weighted by Gasteiger charge is 2.26. The number of nitrogens with zero attached hydrogens (tertiary/aromatic N) is 2. The molecule has 1 atom stereocenters. The van der Waals surface area contributed by atoms with Crippen LogP contribution in [0.2, 0.25) is 0 Å². The van der Waals surface area contributed by atoms with Crippen LogP contribution in [-0.4, -0.2) is 27.3 Å². The van der Waals surface area contributed by atoms with Crippen LogP contribution >= 0.6 is 0 Å². The highest BCUT2D eigenvalue weighted by atomic mass is 16.1. The van der Waals surface area contributed by atoms with Crippen LogP contribution in [0.25, 0.3) is 10.9 Å². The summed E-state index contributed by atoms with van der Waals surface area (Å²) in [5.74, 6) is -0.0287. The highest BCUT2D eigenvalue weighted by Crippen LogP contribution is 2.34. The Kier molecular flexibility index (Phi) is 4.71. The smallest absolute Gasteiger partial charge is 0.217 e. The molecular weight excluding hydrogens is 324 g/mol. The first kappa shape index (κ1) is 16.8. The molecule has 134 valence electrons. The summed E-state index contributed by atoms with van der Waals surface area (Å²) in [5, 5.41) is 4.13. The minimum absolute atomic E-state index is 0.0287. The van der Waals surface area contributed by atoms with Gasteiger partial charge in [0.25, 0.3) is 0 Å². The van der Waals surface area contributed by atoms with E-state index in [1.54, 1.807) is 0 Å². The Morgan fingerprint density at radius 2 is 2.23 bits per heavy atom. The number of para-hydroxylation sites is 1. The zero-order valence-electron chi connectivity index (χ0n) is 15.0. The van der Waals surface area contributed by atoms with Gasteiger partial charge in [-0.15, -0.1) is 0 Å². The lowest BCUT2D eigenvalue weighted by molar-refractivity contribution is -0.119. The second-order valence-corrected chi connectivity index (χ2v) is 6.98. The normalized spacial score (nSPS) is 17.7. The molecule has 0 saturated carbocycles. The molecule has 2 aromatic heterocycles. The van der Waals surface area contributed by atoms with Crippen molar-refractivity contribution in [3.63, 3.8) is 0 Å². The van der Waals surface area contributed by atoms with Gasteiger partial charge in [0.15, 0.2) is 0 Å². The largest absolute Gasteiger partial charge is 0.361 e. The number of carbonyl (C=O) groups excluding carboxylic acids is 1. The molecule has 1 amide bonds. The van der Waals surface area contributed by atoms with Crippen molar-refractivity contribution in [2.24, 2.45) is 0 Å². The summed E-state index contributed by atoms with van der Waals surface area (Å²) in [6.07, 6.45) is 6.35. The van der Waals surface area contributed by atoms with Crippen molar-refractivity contribution in [3.05, 3.63) is 65.6 Å². The Hall–Kier alpha value is -2.66. The van der Waals surface area contributed by atoms with E-state index in [0.717, 1.165) is 25.2 Å². The van der Waals surface area contributed by atoms with E-state index >= 15 is 0 Å². The molecule has 5 nitrogen and oxygen atoms in total. The van der Waals surface area contributed by atoms with Crippen molar-refractivity contribution < 1.29 is 4.79 Å². The lowest BCUT2D eigenvalue weighted by atomic mass is 10.0. The molecule has 0 radical (unpaired) electrons. The van der Waals surface area contributed by atoms with Gasteiger partial charge in [-0.3, -0.25) is 14.7 Å². The Morgan fingerprint density at radius 3 is 3.12 bits per heavy atom. The van der Waals surface area contributed by atoms with Crippen LogP contribution in [0.15, 0.2) is 48.8 Å². The van der Waals surface area contributed by atoms with Gasteiger partial charge >= 0.3 is 0 Å². The van der Waals surface area contributed by atoms with E-state index in [1.807, 2.05) is 6.20 Å². The minimum Gasteiger partial charge on any atom is -0.361 e. The van der Waals surface area contributed by atoms with Gasteiger partial charge in [-0.1, -0.05) is 18.2 Å². The third-order valence-electron chi connectivity index (χ3n) is 5.16. The lowest BCUT2D eigenvalue weighted by Crippen LogP contribution is -2.23. The number of nitrogens with one attached hydrogen (secondary N) is 2. The van der Waals surface area contributed by atoms with E-state index in [-0.39, 0.29) is 5.91 Å². The van der Waals surface area contributed by atoms with Gasteiger partial charge in [0, 0.05) is 42.8 Å². The SMILES string of the molecule is CC(=O)NCc1cc(C2CCCN2Cc2c[nH]c3ccccc23)ccn1. The van der Waals surface area contributed by atoms with Gasteiger partial charge in [-0.25, -0.2) is 0 Å². The van der Waals surface area contributed by atoms with Crippen LogP contribution in [-0.2, 0) is 17.9 Å². The first-order valence-electron chi connectivity index (χ1n) is 9.19. The van der Waals surface area contributed by atoms with Crippen molar-refractivity contribution in [1.82, 2.24) is 20.2 Å². The number of carbonyl (C=O) groups is 1. The molecule has 0 aliphatic carbocycles. The lowest BCUT2D eigenvalue weighted by Gasteiger charge is -2.25. The van der Waals surface area contributed by atoms with Crippen molar-refractivity contribution in [2.75, 3.05) is 6.54 Å². The number of fused-ring (bicyclic) bond motifs is 1. The molecule has 1 aliphatic heterocycles. The second-order valence-electron chi connectivity index (χ2n) is 6.98. The van der Waals surface area contributed by atoms with E-state index in [1.165, 1.54) is 35.4 Å². The maximum atomic E-state index is 11.1. The maximum absolute atomic E-state index is 11.1. The fraction of sp³-hybridized carbons (Fsp3) is 0.333. The van der Waals surface area contributed by atoms with Gasteiger partial charge in [0.2, 0.25) is 5.91 Å². The molecule has 1 saturated heterocycles. The van der Waals surface area contributed by atoms with Gasteiger partial charge < -0.3 is 10.3 Å². The number of aromatic nitrogens is 2. The quantitative estimate of drug-likeness (QED) is 0.741. The Morgan fingerprint density at radius 1 is 1.35 bits per heavy atom. The molecule has 4 rings (SSSR count). The van der Waals surface area contributed by atoms with E-state index < -0.39 is 0 Å². The van der Waals surface area contributed by atoms with E-state index in [0.29, 0.717) is 12.6 Å². The van der Waals surface area contributed by atoms with Crippen molar-refractivity contribution in [3.8, 4) is 0 Å². The number of H-pyrrole nitrogens is 1. The highest BCUT2D eigenvalue weighted by molar-refractivity contribution is 5.83. The number of likely N-dealkylation sites (tertiary alicyclic amines) is 1. The number of hydrogen-bond acceptors (Lipinski definition) is 3.